The summed E-state index contributed by atoms with van der Waals surface area (Å²) in [5, 5.41) is 13.8. The van der Waals surface area contributed by atoms with Gasteiger partial charge in [0.2, 0.25) is 5.91 Å². The number of amides is 2. The average Bonchev–Trinajstić information content (AvgIpc) is 3.14. The topological polar surface area (TPSA) is 112 Å². The van der Waals surface area contributed by atoms with Crippen molar-refractivity contribution in [3.8, 4) is 11.3 Å². The Balaban J connectivity index is 1.83. The molecule has 9 heteroatoms. The molecule has 0 fully saturated rings. The quantitative estimate of drug-likeness (QED) is 0.804. The van der Waals surface area contributed by atoms with E-state index in [9.17, 15) is 19.5 Å². The van der Waals surface area contributed by atoms with Gasteiger partial charge in [0, 0.05) is 29.1 Å². The Hall–Kier alpha value is -2.84. The second-order valence-corrected chi connectivity index (χ2v) is 6.64. The highest BCUT2D eigenvalue weighted by molar-refractivity contribution is 8.18. The van der Waals surface area contributed by atoms with Crippen molar-refractivity contribution in [2.24, 2.45) is 4.99 Å². The monoisotopic (exact) mass is 389 g/mol. The lowest BCUT2D eigenvalue weighted by Crippen LogP contribution is -2.23. The minimum absolute atomic E-state index is 0.0678. The van der Waals surface area contributed by atoms with Crippen molar-refractivity contribution >= 4 is 52.4 Å². The van der Waals surface area contributed by atoms with Gasteiger partial charge in [-0.05, 0) is 42.1 Å². The summed E-state index contributed by atoms with van der Waals surface area (Å²) >= 11 is 6.84. The van der Waals surface area contributed by atoms with E-state index in [-0.39, 0.29) is 21.7 Å². The molecule has 0 radical (unpaired) electrons. The first-order chi connectivity index (χ1) is 12.3. The van der Waals surface area contributed by atoms with Gasteiger partial charge in [-0.1, -0.05) is 11.6 Å². The van der Waals surface area contributed by atoms with Crippen molar-refractivity contribution < 1.29 is 23.9 Å². The third kappa shape index (κ3) is 3.87. The molecule has 132 valence electrons. The van der Waals surface area contributed by atoms with Crippen LogP contribution in [0.4, 0.5) is 0 Å². The van der Waals surface area contributed by atoms with Gasteiger partial charge < -0.3 is 19.6 Å². The van der Waals surface area contributed by atoms with Crippen LogP contribution in [-0.2, 0) is 9.59 Å². The second kappa shape index (κ2) is 7.19. The summed E-state index contributed by atoms with van der Waals surface area (Å²) in [7, 11) is 0. The van der Waals surface area contributed by atoms with Crippen molar-refractivity contribution in [3.63, 3.8) is 0 Å². The van der Waals surface area contributed by atoms with Gasteiger partial charge in [0.1, 0.15) is 11.5 Å². The molecule has 0 spiro atoms. The number of hydrogen-bond donors (Lipinski definition) is 1. The Morgan fingerprint density at radius 1 is 1.31 bits per heavy atom. The highest BCUT2D eigenvalue weighted by Gasteiger charge is 2.23. The number of amidine groups is 1. The van der Waals surface area contributed by atoms with Crippen LogP contribution in [0.25, 0.3) is 17.4 Å². The fourth-order valence-corrected chi connectivity index (χ4v) is 3.20. The molecule has 1 aromatic heterocycles. The third-order valence-corrected chi connectivity index (χ3v) is 4.50. The molecule has 0 saturated heterocycles. The number of rotatable bonds is 3. The number of hydrogen-bond acceptors (Lipinski definition) is 6. The molecule has 0 saturated carbocycles. The zero-order valence-corrected chi connectivity index (χ0v) is 14.8. The van der Waals surface area contributed by atoms with E-state index in [2.05, 4.69) is 10.3 Å². The van der Waals surface area contributed by atoms with Gasteiger partial charge in [0.15, 0.2) is 5.17 Å². The maximum atomic E-state index is 11.8. The summed E-state index contributed by atoms with van der Waals surface area (Å²) in [6, 6.07) is 7.65. The van der Waals surface area contributed by atoms with Gasteiger partial charge in [-0.2, -0.15) is 4.99 Å². The van der Waals surface area contributed by atoms with Crippen molar-refractivity contribution in [2.45, 2.75) is 6.92 Å². The van der Waals surface area contributed by atoms with E-state index in [4.69, 9.17) is 16.0 Å². The molecule has 0 aliphatic carbocycles. The molecule has 1 aliphatic rings. The molecule has 1 aliphatic heterocycles. The zero-order chi connectivity index (χ0) is 18.8. The fourth-order valence-electron chi connectivity index (χ4n) is 2.16. The van der Waals surface area contributed by atoms with Gasteiger partial charge in [0.25, 0.3) is 5.91 Å². The molecule has 2 heterocycles. The van der Waals surface area contributed by atoms with Crippen LogP contribution in [0, 0.1) is 0 Å². The summed E-state index contributed by atoms with van der Waals surface area (Å²) in [6.07, 6.45) is 1.49. The standard InChI is InChI=1S/C17H11ClN2O5S/c1-8(21)19-17-20-15(22)14(26-17)7-10-3-5-13(25-10)9-2-4-12(18)11(6-9)16(23)24/h2-7H,1H3,(H,23,24)(H,19,20,21,22)/p-1/b14-7+. The number of thioether (sulfide) groups is 1. The van der Waals surface area contributed by atoms with E-state index in [1.165, 1.54) is 25.1 Å². The van der Waals surface area contributed by atoms with Crippen LogP contribution in [-0.4, -0.2) is 23.0 Å². The van der Waals surface area contributed by atoms with E-state index in [1.807, 2.05) is 0 Å². The lowest BCUT2D eigenvalue weighted by Gasteiger charge is -2.06. The number of carbonyl (C=O) groups excluding carboxylic acids is 3. The fraction of sp³-hybridized carbons (Fsp3) is 0.0588. The molecule has 1 aromatic carbocycles. The number of aliphatic imine (C=N–C) groups is 1. The minimum Gasteiger partial charge on any atom is -0.545 e. The Morgan fingerprint density at radius 2 is 2.08 bits per heavy atom. The van der Waals surface area contributed by atoms with Crippen LogP contribution in [0.3, 0.4) is 0 Å². The normalized spacial score (nSPS) is 15.2. The van der Waals surface area contributed by atoms with Gasteiger partial charge in [-0.15, -0.1) is 0 Å². The summed E-state index contributed by atoms with van der Waals surface area (Å²) in [5.41, 5.74) is 0.356. The predicted molar refractivity (Wildman–Crippen MR) is 95.3 cm³/mol. The number of furan rings is 1. The Kier molecular flexibility index (Phi) is 4.97. The van der Waals surface area contributed by atoms with Crippen molar-refractivity contribution in [3.05, 3.63) is 51.6 Å². The van der Waals surface area contributed by atoms with Gasteiger partial charge in [0.05, 0.1) is 10.9 Å². The van der Waals surface area contributed by atoms with E-state index >= 15 is 0 Å². The first-order valence-corrected chi connectivity index (χ1v) is 8.44. The number of nitrogens with zero attached hydrogens (tertiary/aromatic N) is 1. The summed E-state index contributed by atoms with van der Waals surface area (Å²) in [5.74, 6) is -1.42. The molecular weight excluding hydrogens is 380 g/mol. The summed E-state index contributed by atoms with van der Waals surface area (Å²) in [4.78, 5) is 38.0. The highest BCUT2D eigenvalue weighted by Crippen LogP contribution is 2.31. The average molecular weight is 390 g/mol. The number of halogens is 1. The first-order valence-electron chi connectivity index (χ1n) is 7.25. The van der Waals surface area contributed by atoms with Gasteiger partial charge in [-0.3, -0.25) is 9.59 Å². The van der Waals surface area contributed by atoms with Crippen molar-refractivity contribution in [1.29, 1.82) is 0 Å². The Bertz CT molecular complexity index is 993. The molecular formula is C17H10ClN2O5S-. The molecule has 0 bridgehead atoms. The van der Waals surface area contributed by atoms with Crippen LogP contribution >= 0.6 is 23.4 Å². The maximum Gasteiger partial charge on any atom is 0.286 e. The maximum absolute atomic E-state index is 11.8. The van der Waals surface area contributed by atoms with Gasteiger partial charge in [-0.25, -0.2) is 0 Å². The number of carboxylic acid groups (broad SMARTS) is 1. The number of carboxylic acids is 1. The van der Waals surface area contributed by atoms with Crippen LogP contribution in [0.1, 0.15) is 23.0 Å². The number of aromatic carboxylic acids is 1. The second-order valence-electron chi connectivity index (χ2n) is 5.20. The minimum atomic E-state index is -1.39. The molecule has 2 amide bonds. The molecule has 2 aromatic rings. The van der Waals surface area contributed by atoms with Crippen molar-refractivity contribution in [1.82, 2.24) is 5.32 Å². The van der Waals surface area contributed by atoms with Crippen LogP contribution in [0.5, 0.6) is 0 Å². The molecule has 1 N–H and O–H groups in total. The Labute approximate surface area is 156 Å². The molecule has 0 atom stereocenters. The largest absolute Gasteiger partial charge is 0.545 e. The third-order valence-electron chi connectivity index (χ3n) is 3.27. The number of nitrogens with one attached hydrogen (secondary N) is 1. The molecule has 26 heavy (non-hydrogen) atoms. The lowest BCUT2D eigenvalue weighted by molar-refractivity contribution is -0.255. The first kappa shape index (κ1) is 18.0. The van der Waals surface area contributed by atoms with E-state index in [0.29, 0.717) is 22.0 Å². The predicted octanol–water partition coefficient (Wildman–Crippen LogP) is 2.07. The summed E-state index contributed by atoms with van der Waals surface area (Å²) in [6.45, 7) is 1.32. The smallest absolute Gasteiger partial charge is 0.286 e. The molecule has 0 unspecified atom stereocenters. The SMILES string of the molecule is CC(=O)NC1=NC(=O)/C(=C\c2ccc(-c3ccc(Cl)c(C(=O)[O-])c3)o2)S1. The van der Waals surface area contributed by atoms with Crippen molar-refractivity contribution in [2.75, 3.05) is 0 Å². The van der Waals surface area contributed by atoms with Gasteiger partial charge >= 0.3 is 0 Å². The molecule has 7 nitrogen and oxygen atoms in total. The Morgan fingerprint density at radius 3 is 2.77 bits per heavy atom. The lowest BCUT2D eigenvalue weighted by atomic mass is 10.1. The van der Waals surface area contributed by atoms with E-state index in [1.54, 1.807) is 18.2 Å². The van der Waals surface area contributed by atoms with Crippen LogP contribution in [0.15, 0.2) is 44.6 Å². The zero-order valence-electron chi connectivity index (χ0n) is 13.2. The highest BCUT2D eigenvalue weighted by atomic mass is 35.5. The number of carbonyl (C=O) groups is 3. The van der Waals surface area contributed by atoms with Crippen LogP contribution in [0.2, 0.25) is 5.02 Å². The number of benzene rings is 1. The molecule has 3 rings (SSSR count). The van der Waals surface area contributed by atoms with E-state index < -0.39 is 11.9 Å². The summed E-state index contributed by atoms with van der Waals surface area (Å²) < 4.78 is 5.63. The van der Waals surface area contributed by atoms with Crippen LogP contribution < -0.4 is 10.4 Å². The van der Waals surface area contributed by atoms with E-state index in [0.717, 1.165) is 11.8 Å².